The summed E-state index contributed by atoms with van der Waals surface area (Å²) in [4.78, 5) is 23.2. The molecule has 24 heavy (non-hydrogen) atoms. The van der Waals surface area contributed by atoms with E-state index in [0.717, 1.165) is 6.07 Å². The molecule has 3 rings (SSSR count). The molecule has 124 valence electrons. The Kier molecular flexibility index (Phi) is 4.07. The van der Waals surface area contributed by atoms with Crippen LogP contribution in [0.4, 0.5) is 4.39 Å². The number of rotatable bonds is 3. The Balaban J connectivity index is 2.16. The molecule has 0 spiro atoms. The highest BCUT2D eigenvalue weighted by atomic mass is 19.1. The largest absolute Gasteiger partial charge is 0.486 e. The van der Waals surface area contributed by atoms with Crippen LogP contribution in [0.25, 0.3) is 11.1 Å². The van der Waals surface area contributed by atoms with Crippen LogP contribution < -0.4 is 14.8 Å². The molecule has 1 amide bonds. The van der Waals surface area contributed by atoms with E-state index in [0.29, 0.717) is 17.7 Å². The van der Waals surface area contributed by atoms with Gasteiger partial charge < -0.3 is 19.9 Å². The third-order valence-electron chi connectivity index (χ3n) is 3.59. The van der Waals surface area contributed by atoms with Crippen molar-refractivity contribution in [2.45, 2.75) is 0 Å². The van der Waals surface area contributed by atoms with Crippen LogP contribution in [0.5, 0.6) is 11.5 Å². The first-order valence-electron chi connectivity index (χ1n) is 7.19. The Morgan fingerprint density at radius 3 is 2.50 bits per heavy atom. The predicted molar refractivity (Wildman–Crippen MR) is 83.2 cm³/mol. The second kappa shape index (κ2) is 6.19. The second-order valence-electron chi connectivity index (χ2n) is 5.16. The molecule has 2 N–H and O–H groups in total. The van der Waals surface area contributed by atoms with Gasteiger partial charge in [0.15, 0.2) is 11.5 Å². The fourth-order valence-electron chi connectivity index (χ4n) is 2.51. The average molecular weight is 331 g/mol. The molecule has 0 radical (unpaired) electrons. The zero-order valence-electron chi connectivity index (χ0n) is 12.8. The van der Waals surface area contributed by atoms with Gasteiger partial charge in [0.25, 0.3) is 5.91 Å². The number of carboxylic acids is 1. The number of nitrogens with one attached hydrogen (secondary N) is 1. The topological polar surface area (TPSA) is 84.9 Å². The molecule has 1 heterocycles. The number of carbonyl (C=O) groups is 2. The van der Waals surface area contributed by atoms with Crippen molar-refractivity contribution >= 4 is 11.9 Å². The molecule has 2 aromatic rings. The molecule has 6 nitrogen and oxygen atoms in total. The maximum atomic E-state index is 13.9. The van der Waals surface area contributed by atoms with Crippen LogP contribution in [0.15, 0.2) is 30.3 Å². The first kappa shape index (κ1) is 15.8. The molecular formula is C17H14FNO5. The average Bonchev–Trinajstić information content (AvgIpc) is 2.59. The first-order chi connectivity index (χ1) is 11.5. The number of hydrogen-bond donors (Lipinski definition) is 2. The van der Waals surface area contributed by atoms with Crippen LogP contribution in [0.2, 0.25) is 0 Å². The fourth-order valence-corrected chi connectivity index (χ4v) is 2.51. The van der Waals surface area contributed by atoms with Crippen LogP contribution in [-0.2, 0) is 0 Å². The SMILES string of the molecule is CNC(=O)c1cc(F)cc(-c2cc3c(c(C(=O)O)c2)OCCO3)c1. The van der Waals surface area contributed by atoms with Crippen LogP contribution in [0, 0.1) is 5.82 Å². The summed E-state index contributed by atoms with van der Waals surface area (Å²) in [5.74, 6) is -1.78. The molecular weight excluding hydrogens is 317 g/mol. The monoisotopic (exact) mass is 331 g/mol. The summed E-state index contributed by atoms with van der Waals surface area (Å²) < 4.78 is 24.7. The number of carboxylic acid groups (broad SMARTS) is 1. The zero-order valence-corrected chi connectivity index (χ0v) is 12.8. The van der Waals surface area contributed by atoms with E-state index in [-0.39, 0.29) is 29.2 Å². The molecule has 2 aromatic carbocycles. The maximum Gasteiger partial charge on any atom is 0.339 e. The quantitative estimate of drug-likeness (QED) is 0.902. The molecule has 0 saturated carbocycles. The van der Waals surface area contributed by atoms with Crippen molar-refractivity contribution in [1.29, 1.82) is 0 Å². The predicted octanol–water partition coefficient (Wildman–Crippen LogP) is 2.32. The highest BCUT2D eigenvalue weighted by Crippen LogP contribution is 2.38. The lowest BCUT2D eigenvalue weighted by molar-refractivity contribution is 0.0686. The first-order valence-corrected chi connectivity index (χ1v) is 7.19. The van der Waals surface area contributed by atoms with E-state index in [1.807, 2.05) is 0 Å². The smallest absolute Gasteiger partial charge is 0.339 e. The number of amides is 1. The Morgan fingerprint density at radius 1 is 1.08 bits per heavy atom. The number of carbonyl (C=O) groups excluding carboxylic acids is 1. The molecule has 1 aliphatic rings. The van der Waals surface area contributed by atoms with Gasteiger partial charge in [0.1, 0.15) is 24.6 Å². The second-order valence-corrected chi connectivity index (χ2v) is 5.16. The van der Waals surface area contributed by atoms with Gasteiger partial charge in [0.2, 0.25) is 0 Å². The Bertz CT molecular complexity index is 834. The number of halogens is 1. The van der Waals surface area contributed by atoms with Crippen LogP contribution in [0.1, 0.15) is 20.7 Å². The van der Waals surface area contributed by atoms with E-state index in [9.17, 15) is 19.1 Å². The van der Waals surface area contributed by atoms with Crippen LogP contribution in [0.3, 0.4) is 0 Å². The summed E-state index contributed by atoms with van der Waals surface area (Å²) in [5.41, 5.74) is 0.849. The summed E-state index contributed by atoms with van der Waals surface area (Å²) in [6, 6.07) is 6.77. The van der Waals surface area contributed by atoms with Crippen LogP contribution >= 0.6 is 0 Å². The molecule has 0 unspecified atom stereocenters. The number of aromatic carboxylic acids is 1. The molecule has 0 atom stereocenters. The van der Waals surface area contributed by atoms with Gasteiger partial charge in [0.05, 0.1) is 0 Å². The fraction of sp³-hybridized carbons (Fsp3) is 0.176. The van der Waals surface area contributed by atoms with Gasteiger partial charge in [0, 0.05) is 12.6 Å². The van der Waals surface area contributed by atoms with Crippen molar-refractivity contribution in [1.82, 2.24) is 5.32 Å². The van der Waals surface area contributed by atoms with E-state index in [1.54, 1.807) is 6.07 Å². The maximum absolute atomic E-state index is 13.9. The third kappa shape index (κ3) is 2.88. The van der Waals surface area contributed by atoms with E-state index in [1.165, 1.54) is 25.2 Å². The van der Waals surface area contributed by atoms with Crippen molar-refractivity contribution < 1.29 is 28.6 Å². The zero-order chi connectivity index (χ0) is 17.3. The lowest BCUT2D eigenvalue weighted by atomic mass is 9.99. The molecule has 7 heteroatoms. The molecule has 0 aromatic heterocycles. The highest BCUT2D eigenvalue weighted by Gasteiger charge is 2.22. The molecule has 0 saturated heterocycles. The van der Waals surface area contributed by atoms with Crippen molar-refractivity contribution in [2.75, 3.05) is 20.3 Å². The Labute approximate surface area is 136 Å². The number of benzene rings is 2. The summed E-state index contributed by atoms with van der Waals surface area (Å²) >= 11 is 0. The van der Waals surface area contributed by atoms with E-state index >= 15 is 0 Å². The van der Waals surface area contributed by atoms with Gasteiger partial charge >= 0.3 is 5.97 Å². The minimum atomic E-state index is -1.18. The number of hydrogen-bond acceptors (Lipinski definition) is 4. The minimum Gasteiger partial charge on any atom is -0.486 e. The molecule has 0 fully saturated rings. The van der Waals surface area contributed by atoms with Crippen molar-refractivity contribution in [3.05, 3.63) is 47.3 Å². The van der Waals surface area contributed by atoms with Crippen LogP contribution in [-0.4, -0.2) is 37.2 Å². The normalized spacial score (nSPS) is 12.6. The van der Waals surface area contributed by atoms with Crippen molar-refractivity contribution in [3.63, 3.8) is 0 Å². The van der Waals surface area contributed by atoms with Gasteiger partial charge in [-0.25, -0.2) is 9.18 Å². The number of ether oxygens (including phenoxy) is 2. The molecule has 0 bridgehead atoms. The standard InChI is InChI=1S/C17H14FNO5/c1-19-16(20)11-4-9(5-12(18)6-11)10-7-13(17(21)22)15-14(8-10)23-2-3-24-15/h4-8H,2-3H2,1H3,(H,19,20)(H,21,22). The van der Waals surface area contributed by atoms with Gasteiger partial charge in [-0.05, 0) is 41.5 Å². The van der Waals surface area contributed by atoms with E-state index in [2.05, 4.69) is 5.32 Å². The summed E-state index contributed by atoms with van der Waals surface area (Å²) in [6.45, 7) is 0.551. The third-order valence-corrected chi connectivity index (χ3v) is 3.59. The van der Waals surface area contributed by atoms with Gasteiger partial charge in [-0.1, -0.05) is 0 Å². The Morgan fingerprint density at radius 2 is 1.79 bits per heavy atom. The number of fused-ring (bicyclic) bond motifs is 1. The van der Waals surface area contributed by atoms with Crippen molar-refractivity contribution in [2.24, 2.45) is 0 Å². The van der Waals surface area contributed by atoms with Crippen molar-refractivity contribution in [3.8, 4) is 22.6 Å². The van der Waals surface area contributed by atoms with E-state index < -0.39 is 17.7 Å². The highest BCUT2D eigenvalue weighted by molar-refractivity contribution is 5.97. The lowest BCUT2D eigenvalue weighted by Gasteiger charge is -2.21. The molecule has 1 aliphatic heterocycles. The Hall–Kier alpha value is -3.09. The van der Waals surface area contributed by atoms with E-state index in [4.69, 9.17) is 9.47 Å². The van der Waals surface area contributed by atoms with Gasteiger partial charge in [-0.2, -0.15) is 0 Å². The molecule has 0 aliphatic carbocycles. The lowest BCUT2D eigenvalue weighted by Crippen LogP contribution is -2.18. The summed E-state index contributed by atoms with van der Waals surface area (Å²) in [6.07, 6.45) is 0. The van der Waals surface area contributed by atoms with Gasteiger partial charge in [-0.15, -0.1) is 0 Å². The summed E-state index contributed by atoms with van der Waals surface area (Å²) in [7, 11) is 1.44. The van der Waals surface area contributed by atoms with Gasteiger partial charge in [-0.3, -0.25) is 4.79 Å². The summed E-state index contributed by atoms with van der Waals surface area (Å²) in [5, 5.41) is 11.8. The minimum absolute atomic E-state index is 0.0760.